The molecular weight excluding hydrogens is 429 g/mol. The van der Waals surface area contributed by atoms with Crippen molar-refractivity contribution in [3.05, 3.63) is 65.7 Å². The van der Waals surface area contributed by atoms with Crippen molar-refractivity contribution in [2.75, 3.05) is 16.8 Å². The Bertz CT molecular complexity index is 1090. The van der Waals surface area contributed by atoms with Gasteiger partial charge in [-0.05, 0) is 62.2 Å². The summed E-state index contributed by atoms with van der Waals surface area (Å²) in [7, 11) is 0. The summed E-state index contributed by atoms with van der Waals surface area (Å²) in [5.74, 6) is 0.977. The van der Waals surface area contributed by atoms with E-state index in [1.54, 1.807) is 30.8 Å². The highest BCUT2D eigenvalue weighted by Crippen LogP contribution is 2.29. The highest BCUT2D eigenvalue weighted by Gasteiger charge is 2.35. The first-order valence-electron chi connectivity index (χ1n) is 10.4. The summed E-state index contributed by atoms with van der Waals surface area (Å²) in [4.78, 5) is 28.9. The zero-order valence-electron chi connectivity index (χ0n) is 18.1. The summed E-state index contributed by atoms with van der Waals surface area (Å²) in [6.07, 6.45) is 0.313. The fourth-order valence-electron chi connectivity index (χ4n) is 3.39. The average Bonchev–Trinajstić information content (AvgIpc) is 3.16. The molecule has 0 spiro atoms. The molecule has 1 saturated heterocycles. The maximum atomic E-state index is 13.1. The Morgan fingerprint density at radius 1 is 1.12 bits per heavy atom. The molecule has 0 radical (unpaired) electrons. The Kier molecular flexibility index (Phi) is 6.55. The van der Waals surface area contributed by atoms with Crippen LogP contribution in [0.4, 0.5) is 21.1 Å². The van der Waals surface area contributed by atoms with Gasteiger partial charge in [-0.1, -0.05) is 30.8 Å². The van der Waals surface area contributed by atoms with Crippen LogP contribution in [0.5, 0.6) is 0 Å². The zero-order valence-corrected chi connectivity index (χ0v) is 18.9. The molecule has 32 heavy (non-hydrogen) atoms. The highest BCUT2D eigenvalue weighted by molar-refractivity contribution is 7.99. The number of nitrogens with one attached hydrogen (secondary N) is 1. The van der Waals surface area contributed by atoms with Crippen LogP contribution in [-0.2, 0) is 4.74 Å². The molecule has 0 bridgehead atoms. The molecule has 2 atom stereocenters. The van der Waals surface area contributed by atoms with Gasteiger partial charge in [0.25, 0.3) is 0 Å². The van der Waals surface area contributed by atoms with E-state index in [1.165, 1.54) is 17.0 Å². The predicted octanol–water partition coefficient (Wildman–Crippen LogP) is 5.38. The number of rotatable bonds is 7. The molecule has 1 fully saturated rings. The molecule has 0 aliphatic carbocycles. The Balaban J connectivity index is 1.46. The number of ether oxygens (including phenoxy) is 1. The fourth-order valence-corrected chi connectivity index (χ4v) is 4.20. The zero-order chi connectivity index (χ0) is 22.7. The standard InChI is InChI=1S/C23H24FN5O2S/c1-4-18-13-31-23(30)29(18)22-27-15(3)26-21(28-22)25-14(2)16-5-9-19(10-6-16)32-20-11-7-17(24)8-12-20/h5-12,14,18H,4,13H2,1-3H3,(H,25,26,27,28)/t14?,18-/m0/s1. The molecule has 1 N–H and O–H groups in total. The lowest BCUT2D eigenvalue weighted by atomic mass is 10.1. The molecule has 4 rings (SSSR count). The van der Waals surface area contributed by atoms with Crippen LogP contribution in [-0.4, -0.2) is 33.7 Å². The van der Waals surface area contributed by atoms with Gasteiger partial charge in [-0.3, -0.25) is 0 Å². The molecule has 1 aliphatic rings. The normalized spacial score (nSPS) is 16.7. The van der Waals surface area contributed by atoms with Gasteiger partial charge in [0.05, 0.1) is 12.1 Å². The van der Waals surface area contributed by atoms with Gasteiger partial charge in [-0.2, -0.15) is 15.0 Å². The van der Waals surface area contributed by atoms with E-state index < -0.39 is 6.09 Å². The first kappa shape index (κ1) is 22.0. The van der Waals surface area contributed by atoms with Crippen LogP contribution in [0.3, 0.4) is 0 Å². The van der Waals surface area contributed by atoms with E-state index in [-0.39, 0.29) is 17.9 Å². The smallest absolute Gasteiger partial charge is 0.417 e. The van der Waals surface area contributed by atoms with Gasteiger partial charge < -0.3 is 10.1 Å². The third-order valence-electron chi connectivity index (χ3n) is 5.16. The lowest BCUT2D eigenvalue weighted by molar-refractivity contribution is 0.178. The van der Waals surface area contributed by atoms with E-state index in [2.05, 4.69) is 20.3 Å². The molecule has 2 aromatic carbocycles. The van der Waals surface area contributed by atoms with Crippen LogP contribution < -0.4 is 10.2 Å². The number of aromatic nitrogens is 3. The summed E-state index contributed by atoms with van der Waals surface area (Å²) in [5, 5.41) is 3.30. The molecule has 0 saturated carbocycles. The van der Waals surface area contributed by atoms with Crippen molar-refractivity contribution < 1.29 is 13.9 Å². The van der Waals surface area contributed by atoms with Gasteiger partial charge in [0.2, 0.25) is 11.9 Å². The Morgan fingerprint density at radius 2 is 1.78 bits per heavy atom. The number of halogens is 1. The maximum absolute atomic E-state index is 13.1. The number of carbonyl (C=O) groups excluding carboxylic acids is 1. The van der Waals surface area contributed by atoms with E-state index in [0.717, 1.165) is 21.8 Å². The number of benzene rings is 2. The third-order valence-corrected chi connectivity index (χ3v) is 6.17. The molecular formula is C23H24FN5O2S. The van der Waals surface area contributed by atoms with Crippen LogP contribution in [0.15, 0.2) is 58.3 Å². The minimum absolute atomic E-state index is 0.0676. The summed E-state index contributed by atoms with van der Waals surface area (Å²) >= 11 is 1.57. The van der Waals surface area contributed by atoms with Crippen molar-refractivity contribution in [2.45, 2.75) is 49.1 Å². The second-order valence-corrected chi connectivity index (χ2v) is 8.65. The predicted molar refractivity (Wildman–Crippen MR) is 121 cm³/mol. The topological polar surface area (TPSA) is 80.2 Å². The number of nitrogens with zero attached hydrogens (tertiary/aromatic N) is 4. The fraction of sp³-hybridized carbons (Fsp3) is 0.304. The van der Waals surface area contributed by atoms with E-state index >= 15 is 0 Å². The van der Waals surface area contributed by atoms with Crippen molar-refractivity contribution in [1.82, 2.24) is 15.0 Å². The lowest BCUT2D eigenvalue weighted by Gasteiger charge is -2.20. The second-order valence-electron chi connectivity index (χ2n) is 7.51. The Morgan fingerprint density at radius 3 is 2.44 bits per heavy atom. The van der Waals surface area contributed by atoms with E-state index in [9.17, 15) is 9.18 Å². The number of carbonyl (C=O) groups is 1. The summed E-state index contributed by atoms with van der Waals surface area (Å²) in [5.41, 5.74) is 1.06. The van der Waals surface area contributed by atoms with Gasteiger partial charge in [0.15, 0.2) is 0 Å². The average molecular weight is 454 g/mol. The first-order valence-corrected chi connectivity index (χ1v) is 11.2. The number of cyclic esters (lactones) is 1. The molecule has 3 aromatic rings. The minimum atomic E-state index is -0.435. The van der Waals surface area contributed by atoms with Crippen LogP contribution in [0, 0.1) is 12.7 Å². The number of anilines is 2. The Hall–Kier alpha value is -3.20. The molecule has 166 valence electrons. The van der Waals surface area contributed by atoms with Crippen LogP contribution in [0.25, 0.3) is 0 Å². The van der Waals surface area contributed by atoms with Crippen molar-refractivity contribution in [1.29, 1.82) is 0 Å². The maximum Gasteiger partial charge on any atom is 0.417 e. The minimum Gasteiger partial charge on any atom is -0.447 e. The van der Waals surface area contributed by atoms with Crippen LogP contribution in [0.1, 0.15) is 37.7 Å². The van der Waals surface area contributed by atoms with Gasteiger partial charge in [0, 0.05) is 9.79 Å². The van der Waals surface area contributed by atoms with Gasteiger partial charge in [-0.25, -0.2) is 14.1 Å². The summed E-state index contributed by atoms with van der Waals surface area (Å²) < 4.78 is 18.2. The number of aryl methyl sites for hydroxylation is 1. The van der Waals surface area contributed by atoms with Crippen molar-refractivity contribution in [3.8, 4) is 0 Å². The van der Waals surface area contributed by atoms with E-state index in [0.29, 0.717) is 24.3 Å². The molecule has 1 aromatic heterocycles. The van der Waals surface area contributed by atoms with Crippen molar-refractivity contribution in [3.63, 3.8) is 0 Å². The monoisotopic (exact) mass is 453 g/mol. The number of amides is 1. The SMILES string of the molecule is CC[C@H]1COC(=O)N1c1nc(C)nc(NC(C)c2ccc(Sc3ccc(F)cc3)cc2)n1. The molecule has 9 heteroatoms. The Labute approximate surface area is 190 Å². The quantitative estimate of drug-likeness (QED) is 0.514. The second kappa shape index (κ2) is 9.52. The molecule has 7 nitrogen and oxygen atoms in total. The third kappa shape index (κ3) is 4.99. The van der Waals surface area contributed by atoms with E-state index in [4.69, 9.17) is 4.74 Å². The van der Waals surface area contributed by atoms with Gasteiger partial charge >= 0.3 is 6.09 Å². The molecule has 1 unspecified atom stereocenters. The van der Waals surface area contributed by atoms with Crippen molar-refractivity contribution >= 4 is 29.8 Å². The van der Waals surface area contributed by atoms with Gasteiger partial charge in [0.1, 0.15) is 18.2 Å². The van der Waals surface area contributed by atoms with Crippen LogP contribution in [0.2, 0.25) is 0 Å². The first-order chi connectivity index (χ1) is 15.4. The highest BCUT2D eigenvalue weighted by atomic mass is 32.2. The number of hydrogen-bond donors (Lipinski definition) is 1. The summed E-state index contributed by atoms with van der Waals surface area (Å²) in [6, 6.07) is 14.4. The summed E-state index contributed by atoms with van der Waals surface area (Å²) in [6.45, 7) is 6.11. The molecule has 2 heterocycles. The number of hydrogen-bond acceptors (Lipinski definition) is 7. The van der Waals surface area contributed by atoms with Gasteiger partial charge in [-0.15, -0.1) is 0 Å². The lowest BCUT2D eigenvalue weighted by Crippen LogP contribution is -2.34. The molecule has 1 aliphatic heterocycles. The molecule has 1 amide bonds. The largest absolute Gasteiger partial charge is 0.447 e. The van der Waals surface area contributed by atoms with E-state index in [1.807, 2.05) is 38.1 Å². The van der Waals surface area contributed by atoms with Crippen molar-refractivity contribution in [2.24, 2.45) is 0 Å². The van der Waals surface area contributed by atoms with Crippen LogP contribution >= 0.6 is 11.8 Å².